The molecule has 1 saturated heterocycles. The number of aromatic nitrogens is 2. The highest BCUT2D eigenvalue weighted by molar-refractivity contribution is 5.96. The van der Waals surface area contributed by atoms with Gasteiger partial charge in [-0.15, -0.1) is 0 Å². The number of aromatic amines is 1. The van der Waals surface area contributed by atoms with Gasteiger partial charge >= 0.3 is 0 Å². The van der Waals surface area contributed by atoms with Crippen molar-refractivity contribution in [3.63, 3.8) is 0 Å². The zero-order chi connectivity index (χ0) is 17.4. The number of hydrogen-bond donors (Lipinski definition) is 1. The summed E-state index contributed by atoms with van der Waals surface area (Å²) >= 11 is 0. The summed E-state index contributed by atoms with van der Waals surface area (Å²) in [5.41, 5.74) is 1.08. The van der Waals surface area contributed by atoms with Gasteiger partial charge in [0, 0.05) is 18.4 Å². The van der Waals surface area contributed by atoms with E-state index in [0.717, 1.165) is 5.69 Å². The van der Waals surface area contributed by atoms with E-state index in [4.69, 9.17) is 9.15 Å². The van der Waals surface area contributed by atoms with Crippen LogP contribution in [0, 0.1) is 6.92 Å². The van der Waals surface area contributed by atoms with Gasteiger partial charge in [0.15, 0.2) is 0 Å². The van der Waals surface area contributed by atoms with Crippen LogP contribution in [0.15, 0.2) is 45.9 Å². The molecule has 0 bridgehead atoms. The molecule has 128 valence electrons. The maximum absolute atomic E-state index is 12.8. The number of aryl methyl sites for hydroxylation is 1. The maximum atomic E-state index is 12.8. The average molecular weight is 339 g/mol. The van der Waals surface area contributed by atoms with Gasteiger partial charge in [0.05, 0.1) is 24.8 Å². The second-order valence-electron chi connectivity index (χ2n) is 6.01. The molecule has 3 aromatic heterocycles. The molecule has 3 aromatic rings. The molecular formula is C18H17N3O4. The molecule has 0 saturated carbocycles. The molecule has 1 N–H and O–H groups in total. The number of furan rings is 1. The van der Waals surface area contributed by atoms with E-state index in [-0.39, 0.29) is 23.0 Å². The van der Waals surface area contributed by atoms with E-state index in [1.54, 1.807) is 29.4 Å². The van der Waals surface area contributed by atoms with E-state index < -0.39 is 0 Å². The minimum Gasteiger partial charge on any atom is -0.467 e. The summed E-state index contributed by atoms with van der Waals surface area (Å²) in [5, 5.41) is 0.410. The number of hydrogen-bond acceptors (Lipinski definition) is 5. The lowest BCUT2D eigenvalue weighted by Gasteiger charge is -2.31. The number of H-pyrrole nitrogens is 1. The lowest BCUT2D eigenvalue weighted by Crippen LogP contribution is -2.43. The number of amides is 1. The van der Waals surface area contributed by atoms with Gasteiger partial charge in [-0.2, -0.15) is 0 Å². The fourth-order valence-electron chi connectivity index (χ4n) is 3.01. The van der Waals surface area contributed by atoms with Crippen molar-refractivity contribution < 1.29 is 13.9 Å². The summed E-state index contributed by atoms with van der Waals surface area (Å²) in [7, 11) is 0. The highest BCUT2D eigenvalue weighted by Crippen LogP contribution is 2.23. The Morgan fingerprint density at radius 2 is 2.24 bits per heavy atom. The third-order valence-electron chi connectivity index (χ3n) is 4.32. The van der Waals surface area contributed by atoms with Crippen LogP contribution in [0.1, 0.15) is 27.9 Å². The predicted octanol–water partition coefficient (Wildman–Crippen LogP) is 2.04. The SMILES string of the molecule is Cc1ccc2c(=O)c(C(=O)N3CCO[C@H](c4ccco4)C3)c[nH]c2n1. The molecule has 1 amide bonds. The highest BCUT2D eigenvalue weighted by atomic mass is 16.5. The summed E-state index contributed by atoms with van der Waals surface area (Å²) in [6.07, 6.45) is 2.69. The first-order chi connectivity index (χ1) is 12.1. The normalized spacial score (nSPS) is 17.8. The molecule has 1 fully saturated rings. The first kappa shape index (κ1) is 15.6. The molecule has 0 unspecified atom stereocenters. The quantitative estimate of drug-likeness (QED) is 0.772. The molecule has 7 nitrogen and oxygen atoms in total. The van der Waals surface area contributed by atoms with E-state index in [1.807, 2.05) is 13.0 Å². The zero-order valence-electron chi connectivity index (χ0n) is 13.7. The van der Waals surface area contributed by atoms with Crippen LogP contribution in [0.25, 0.3) is 11.0 Å². The minimum absolute atomic E-state index is 0.109. The smallest absolute Gasteiger partial charge is 0.259 e. The Kier molecular flexibility index (Phi) is 3.85. The van der Waals surface area contributed by atoms with Crippen LogP contribution < -0.4 is 5.43 Å². The number of carbonyl (C=O) groups excluding carboxylic acids is 1. The number of carbonyl (C=O) groups is 1. The molecule has 0 radical (unpaired) electrons. The van der Waals surface area contributed by atoms with Crippen LogP contribution in [0.2, 0.25) is 0 Å². The van der Waals surface area contributed by atoms with Crippen molar-refractivity contribution in [2.75, 3.05) is 19.7 Å². The summed E-state index contributed by atoms with van der Waals surface area (Å²) in [6.45, 7) is 3.01. The van der Waals surface area contributed by atoms with Gasteiger partial charge in [-0.3, -0.25) is 9.59 Å². The van der Waals surface area contributed by atoms with E-state index >= 15 is 0 Å². The fraction of sp³-hybridized carbons (Fsp3) is 0.278. The van der Waals surface area contributed by atoms with E-state index in [1.165, 1.54) is 6.20 Å². The number of pyridine rings is 2. The van der Waals surface area contributed by atoms with Gasteiger partial charge in [0.2, 0.25) is 5.43 Å². The second-order valence-corrected chi connectivity index (χ2v) is 6.01. The number of nitrogens with one attached hydrogen (secondary N) is 1. The Balaban J connectivity index is 1.64. The molecule has 25 heavy (non-hydrogen) atoms. The van der Waals surface area contributed by atoms with Crippen LogP contribution in [0.4, 0.5) is 0 Å². The largest absolute Gasteiger partial charge is 0.467 e. The Morgan fingerprint density at radius 1 is 1.36 bits per heavy atom. The Labute approximate surface area is 143 Å². The second kappa shape index (κ2) is 6.18. The molecular weight excluding hydrogens is 322 g/mol. The molecule has 4 heterocycles. The van der Waals surface area contributed by atoms with Crippen molar-refractivity contribution in [2.45, 2.75) is 13.0 Å². The Bertz CT molecular complexity index is 978. The van der Waals surface area contributed by atoms with Crippen molar-refractivity contribution in [3.05, 3.63) is 64.0 Å². The molecule has 1 aliphatic rings. The molecule has 1 aliphatic heterocycles. The van der Waals surface area contributed by atoms with E-state index in [0.29, 0.717) is 36.5 Å². The summed E-state index contributed by atoms with van der Waals surface area (Å²) in [4.78, 5) is 34.4. The molecule has 7 heteroatoms. The third kappa shape index (κ3) is 2.83. The summed E-state index contributed by atoms with van der Waals surface area (Å²) < 4.78 is 11.0. The maximum Gasteiger partial charge on any atom is 0.259 e. The van der Waals surface area contributed by atoms with Crippen LogP contribution in [0.5, 0.6) is 0 Å². The molecule has 0 aliphatic carbocycles. The minimum atomic E-state index is -0.323. The number of rotatable bonds is 2. The lowest BCUT2D eigenvalue weighted by atomic mass is 10.1. The standard InChI is InChI=1S/C18H17N3O4/c1-11-4-5-12-16(22)13(9-19-17(12)20-11)18(23)21-6-8-25-15(10-21)14-3-2-7-24-14/h2-5,7,9,15H,6,8,10H2,1H3,(H,19,20,22)/t15-/m0/s1. The van der Waals surface area contributed by atoms with Crippen molar-refractivity contribution in [2.24, 2.45) is 0 Å². The van der Waals surface area contributed by atoms with Crippen molar-refractivity contribution >= 4 is 16.9 Å². The predicted molar refractivity (Wildman–Crippen MR) is 90.4 cm³/mol. The van der Waals surface area contributed by atoms with Gasteiger partial charge in [-0.05, 0) is 31.2 Å². The molecule has 4 rings (SSSR count). The van der Waals surface area contributed by atoms with E-state index in [2.05, 4.69) is 9.97 Å². The fourth-order valence-corrected chi connectivity index (χ4v) is 3.01. The summed E-state index contributed by atoms with van der Waals surface area (Å²) in [5.74, 6) is 0.355. The molecule has 1 atom stereocenters. The van der Waals surface area contributed by atoms with Crippen molar-refractivity contribution in [1.29, 1.82) is 0 Å². The summed E-state index contributed by atoms with van der Waals surface area (Å²) in [6, 6.07) is 7.05. The number of nitrogens with zero attached hydrogens (tertiary/aromatic N) is 2. The first-order valence-electron chi connectivity index (χ1n) is 8.07. The zero-order valence-corrected chi connectivity index (χ0v) is 13.7. The first-order valence-corrected chi connectivity index (χ1v) is 8.07. The lowest BCUT2D eigenvalue weighted by molar-refractivity contribution is -0.0321. The Morgan fingerprint density at radius 3 is 3.04 bits per heavy atom. The van der Waals surface area contributed by atoms with Crippen LogP contribution in [-0.2, 0) is 4.74 Å². The Hall–Kier alpha value is -2.93. The highest BCUT2D eigenvalue weighted by Gasteiger charge is 2.29. The average Bonchev–Trinajstić information content (AvgIpc) is 3.16. The van der Waals surface area contributed by atoms with Gasteiger partial charge in [-0.25, -0.2) is 4.98 Å². The number of ether oxygens (including phenoxy) is 1. The van der Waals surface area contributed by atoms with Gasteiger partial charge < -0.3 is 19.0 Å². The topological polar surface area (TPSA) is 88.4 Å². The van der Waals surface area contributed by atoms with Gasteiger partial charge in [0.25, 0.3) is 5.91 Å². The van der Waals surface area contributed by atoms with Crippen molar-refractivity contribution in [1.82, 2.24) is 14.9 Å². The van der Waals surface area contributed by atoms with E-state index in [9.17, 15) is 9.59 Å². The third-order valence-corrected chi connectivity index (χ3v) is 4.32. The van der Waals surface area contributed by atoms with Crippen LogP contribution in [0.3, 0.4) is 0 Å². The van der Waals surface area contributed by atoms with Crippen LogP contribution in [-0.4, -0.2) is 40.5 Å². The monoisotopic (exact) mass is 339 g/mol. The van der Waals surface area contributed by atoms with Gasteiger partial charge in [-0.1, -0.05) is 0 Å². The molecule has 0 aromatic carbocycles. The van der Waals surface area contributed by atoms with Gasteiger partial charge in [0.1, 0.15) is 23.1 Å². The molecule has 0 spiro atoms. The van der Waals surface area contributed by atoms with Crippen LogP contribution >= 0.6 is 0 Å². The number of morpholine rings is 1. The number of fused-ring (bicyclic) bond motifs is 1. The van der Waals surface area contributed by atoms with Crippen molar-refractivity contribution in [3.8, 4) is 0 Å².